The predicted molar refractivity (Wildman–Crippen MR) is 88.1 cm³/mol. The lowest BCUT2D eigenvalue weighted by atomic mass is 9.78. The molecular formula is C19H27NO4. The highest BCUT2D eigenvalue weighted by Crippen LogP contribution is 2.51. The van der Waals surface area contributed by atoms with Crippen LogP contribution in [-0.2, 0) is 14.3 Å². The molecule has 1 N–H and O–H groups in total. The number of carbonyl (C=O) groups is 2. The number of carbonyl (C=O) groups excluding carboxylic acids is 2. The van der Waals surface area contributed by atoms with Gasteiger partial charge in [0.1, 0.15) is 17.9 Å². The summed E-state index contributed by atoms with van der Waals surface area (Å²) in [4.78, 5) is 27.2. The molecule has 132 valence electrons. The zero-order chi connectivity index (χ0) is 17.0. The van der Waals surface area contributed by atoms with Crippen molar-refractivity contribution in [2.75, 3.05) is 13.1 Å². The first-order chi connectivity index (χ1) is 11.5. The molecule has 2 heterocycles. The minimum atomic E-state index is -0.617. The monoisotopic (exact) mass is 333 g/mol. The second-order valence-electron chi connectivity index (χ2n) is 8.09. The maximum atomic E-state index is 12.7. The highest BCUT2D eigenvalue weighted by atomic mass is 16.6. The number of rotatable bonds is 1. The van der Waals surface area contributed by atoms with Gasteiger partial charge in [0.05, 0.1) is 6.10 Å². The number of likely N-dealkylation sites (tertiary alicyclic amines) is 1. The molecule has 2 saturated heterocycles. The van der Waals surface area contributed by atoms with Gasteiger partial charge in [-0.05, 0) is 38.3 Å². The lowest BCUT2D eigenvalue weighted by Crippen LogP contribution is -2.50. The Balaban J connectivity index is 1.69. The Kier molecular flexibility index (Phi) is 4.04. The molecule has 0 aromatic carbocycles. The molecule has 5 nitrogen and oxygen atoms in total. The van der Waals surface area contributed by atoms with Gasteiger partial charge in [-0.15, -0.1) is 0 Å². The summed E-state index contributed by atoms with van der Waals surface area (Å²) < 4.78 is 5.83. The fraction of sp³-hybridized carbons (Fsp3) is 0.789. The van der Waals surface area contributed by atoms with Crippen molar-refractivity contribution < 1.29 is 19.4 Å². The highest BCUT2D eigenvalue weighted by molar-refractivity contribution is 5.85. The maximum absolute atomic E-state index is 12.7. The number of ether oxygens (including phenoxy) is 1. The number of piperidine rings is 1. The number of hydrogen-bond acceptors (Lipinski definition) is 5. The number of fused-ring (bicyclic) bond motifs is 3. The molecule has 2 aliphatic heterocycles. The van der Waals surface area contributed by atoms with Crippen LogP contribution in [0, 0.1) is 23.7 Å². The first-order valence-electron chi connectivity index (χ1n) is 9.32. The van der Waals surface area contributed by atoms with Gasteiger partial charge in [-0.25, -0.2) is 0 Å². The van der Waals surface area contributed by atoms with Crippen molar-refractivity contribution in [1.82, 2.24) is 4.90 Å². The second kappa shape index (κ2) is 5.95. The fourth-order valence-corrected chi connectivity index (χ4v) is 5.56. The van der Waals surface area contributed by atoms with E-state index in [-0.39, 0.29) is 47.6 Å². The molecule has 0 bridgehead atoms. The molecule has 4 aliphatic rings. The van der Waals surface area contributed by atoms with Gasteiger partial charge in [0, 0.05) is 24.2 Å². The zero-order valence-corrected chi connectivity index (χ0v) is 14.3. The number of aliphatic hydroxyl groups is 1. The molecule has 2 aliphatic carbocycles. The number of hydrogen-bond donors (Lipinski definition) is 1. The SMILES string of the molecule is C=C1CC(O)C2C(OC(=O)C2N2CCCCC2)C2C(C)C(=O)CC12. The largest absolute Gasteiger partial charge is 0.460 e. The van der Waals surface area contributed by atoms with Crippen molar-refractivity contribution in [2.45, 2.75) is 57.3 Å². The van der Waals surface area contributed by atoms with Gasteiger partial charge in [0.25, 0.3) is 0 Å². The lowest BCUT2D eigenvalue weighted by Gasteiger charge is -2.35. The van der Waals surface area contributed by atoms with Crippen LogP contribution >= 0.6 is 0 Å². The summed E-state index contributed by atoms with van der Waals surface area (Å²) in [5.74, 6) is -0.313. The van der Waals surface area contributed by atoms with Crippen LogP contribution < -0.4 is 0 Å². The van der Waals surface area contributed by atoms with Crippen molar-refractivity contribution in [1.29, 1.82) is 0 Å². The maximum Gasteiger partial charge on any atom is 0.324 e. The average molecular weight is 333 g/mol. The lowest BCUT2D eigenvalue weighted by molar-refractivity contribution is -0.148. The Morgan fingerprint density at radius 2 is 1.83 bits per heavy atom. The topological polar surface area (TPSA) is 66.8 Å². The van der Waals surface area contributed by atoms with Crippen molar-refractivity contribution in [3.63, 3.8) is 0 Å². The fourth-order valence-electron chi connectivity index (χ4n) is 5.56. The van der Waals surface area contributed by atoms with Gasteiger partial charge in [0.15, 0.2) is 0 Å². The third-order valence-electron chi connectivity index (χ3n) is 6.81. The molecule has 24 heavy (non-hydrogen) atoms. The van der Waals surface area contributed by atoms with Gasteiger partial charge < -0.3 is 9.84 Å². The second-order valence-corrected chi connectivity index (χ2v) is 8.09. The van der Waals surface area contributed by atoms with E-state index >= 15 is 0 Å². The summed E-state index contributed by atoms with van der Waals surface area (Å²) in [6.07, 6.45) is 3.35. The smallest absolute Gasteiger partial charge is 0.324 e. The third kappa shape index (κ3) is 2.36. The third-order valence-corrected chi connectivity index (χ3v) is 6.81. The van der Waals surface area contributed by atoms with Crippen LogP contribution in [0.15, 0.2) is 12.2 Å². The number of nitrogens with zero attached hydrogens (tertiary/aromatic N) is 1. The van der Waals surface area contributed by atoms with Crippen LogP contribution in [0.25, 0.3) is 0 Å². The molecule has 4 fully saturated rings. The Bertz CT molecular complexity index is 568. The van der Waals surface area contributed by atoms with Crippen LogP contribution in [0.2, 0.25) is 0 Å². The summed E-state index contributed by atoms with van der Waals surface area (Å²) in [5.41, 5.74) is 0.952. The molecule has 5 heteroatoms. The van der Waals surface area contributed by atoms with E-state index in [9.17, 15) is 14.7 Å². The van der Waals surface area contributed by atoms with Crippen molar-refractivity contribution in [2.24, 2.45) is 23.7 Å². The molecule has 2 saturated carbocycles. The molecule has 0 aromatic rings. The van der Waals surface area contributed by atoms with E-state index in [4.69, 9.17) is 4.74 Å². The van der Waals surface area contributed by atoms with E-state index in [1.807, 2.05) is 6.92 Å². The zero-order valence-electron chi connectivity index (χ0n) is 14.3. The Morgan fingerprint density at radius 1 is 1.12 bits per heavy atom. The first kappa shape index (κ1) is 16.3. The highest BCUT2D eigenvalue weighted by Gasteiger charge is 2.60. The quantitative estimate of drug-likeness (QED) is 0.582. The van der Waals surface area contributed by atoms with Crippen LogP contribution in [0.5, 0.6) is 0 Å². The van der Waals surface area contributed by atoms with Gasteiger partial charge in [-0.3, -0.25) is 14.5 Å². The van der Waals surface area contributed by atoms with Crippen LogP contribution in [0.1, 0.15) is 39.0 Å². The van der Waals surface area contributed by atoms with Crippen LogP contribution in [0.3, 0.4) is 0 Å². The van der Waals surface area contributed by atoms with Gasteiger partial charge in [-0.2, -0.15) is 0 Å². The van der Waals surface area contributed by atoms with E-state index in [0.717, 1.165) is 31.5 Å². The molecule has 0 amide bonds. The Morgan fingerprint density at radius 3 is 2.54 bits per heavy atom. The minimum Gasteiger partial charge on any atom is -0.460 e. The number of aliphatic hydroxyl groups excluding tert-OH is 1. The average Bonchev–Trinajstić information content (AvgIpc) is 3.02. The predicted octanol–water partition coefficient (Wildman–Crippen LogP) is 1.54. The summed E-state index contributed by atoms with van der Waals surface area (Å²) in [7, 11) is 0. The number of ketones is 1. The van der Waals surface area contributed by atoms with E-state index in [0.29, 0.717) is 12.8 Å². The first-order valence-corrected chi connectivity index (χ1v) is 9.32. The summed E-state index contributed by atoms with van der Waals surface area (Å²) >= 11 is 0. The molecular weight excluding hydrogens is 306 g/mol. The number of esters is 1. The molecule has 4 rings (SSSR count). The van der Waals surface area contributed by atoms with Crippen LogP contribution in [0.4, 0.5) is 0 Å². The minimum absolute atomic E-state index is 0.0223. The van der Waals surface area contributed by atoms with Gasteiger partial charge in [-0.1, -0.05) is 25.5 Å². The molecule has 0 aromatic heterocycles. The van der Waals surface area contributed by atoms with Gasteiger partial charge in [0.2, 0.25) is 0 Å². The van der Waals surface area contributed by atoms with Crippen LogP contribution in [-0.4, -0.2) is 53.1 Å². The molecule has 7 unspecified atom stereocenters. The van der Waals surface area contributed by atoms with E-state index in [2.05, 4.69) is 11.5 Å². The molecule has 7 atom stereocenters. The van der Waals surface area contributed by atoms with Gasteiger partial charge >= 0.3 is 5.97 Å². The summed E-state index contributed by atoms with van der Waals surface area (Å²) in [5, 5.41) is 10.9. The standard InChI is InChI=1S/C19H27NO4/c1-10-8-14(22)16-17(20-6-4-3-5-7-20)19(23)24-18(16)15-11(2)13(21)9-12(10)15/h11-12,14-18,22H,1,3-9H2,2H3. The molecule has 0 radical (unpaired) electrons. The number of Topliss-reactive ketones (excluding diaryl/α,β-unsaturated/α-hetero) is 1. The van der Waals surface area contributed by atoms with E-state index in [1.54, 1.807) is 0 Å². The Labute approximate surface area is 143 Å². The molecule has 0 spiro atoms. The van der Waals surface area contributed by atoms with Crippen molar-refractivity contribution >= 4 is 11.8 Å². The van der Waals surface area contributed by atoms with Crippen molar-refractivity contribution in [3.8, 4) is 0 Å². The van der Waals surface area contributed by atoms with E-state index in [1.165, 1.54) is 6.42 Å². The Hall–Kier alpha value is -1.20. The van der Waals surface area contributed by atoms with Crippen molar-refractivity contribution in [3.05, 3.63) is 12.2 Å². The van der Waals surface area contributed by atoms with E-state index < -0.39 is 6.10 Å². The normalized spacial score (nSPS) is 46.4. The summed E-state index contributed by atoms with van der Waals surface area (Å²) in [6, 6.07) is -0.361. The summed E-state index contributed by atoms with van der Waals surface area (Å²) in [6.45, 7) is 7.87.